The highest BCUT2D eigenvalue weighted by Gasteiger charge is 2.14. The normalized spacial score (nSPS) is 10.4. The molecule has 1 amide bonds. The van der Waals surface area contributed by atoms with Crippen LogP contribution in [0.2, 0.25) is 0 Å². The van der Waals surface area contributed by atoms with E-state index in [1.165, 1.54) is 6.26 Å². The van der Waals surface area contributed by atoms with Crippen molar-refractivity contribution in [3.63, 3.8) is 0 Å². The number of hydrogen-bond donors (Lipinski definition) is 2. The van der Waals surface area contributed by atoms with Crippen molar-refractivity contribution in [3.05, 3.63) is 60.0 Å². The van der Waals surface area contributed by atoms with Crippen LogP contribution in [0, 0.1) is 0 Å². The van der Waals surface area contributed by atoms with Crippen LogP contribution in [0.1, 0.15) is 16.1 Å². The molecule has 2 aromatic carbocycles. The standard InChI is InChI=1S/C19H19N3O4/c1-24-15-8-5-13(17(9-15)25-2)10-21-18(23)16-11-26-19(22-16)12-3-6-14(20)7-4-12/h3-9,11H,10,20H2,1-2H3,(H,21,23). The lowest BCUT2D eigenvalue weighted by atomic mass is 10.2. The van der Waals surface area contributed by atoms with Crippen molar-refractivity contribution < 1.29 is 18.7 Å². The lowest BCUT2D eigenvalue weighted by Gasteiger charge is -2.10. The lowest BCUT2D eigenvalue weighted by Crippen LogP contribution is -2.23. The van der Waals surface area contributed by atoms with Crippen LogP contribution in [-0.4, -0.2) is 25.1 Å². The van der Waals surface area contributed by atoms with E-state index >= 15 is 0 Å². The molecule has 1 aromatic heterocycles. The molecule has 0 aliphatic heterocycles. The molecule has 0 fully saturated rings. The second kappa shape index (κ2) is 7.60. The van der Waals surface area contributed by atoms with Gasteiger partial charge in [-0.1, -0.05) is 0 Å². The van der Waals surface area contributed by atoms with Gasteiger partial charge in [0.1, 0.15) is 17.8 Å². The monoisotopic (exact) mass is 353 g/mol. The number of carbonyl (C=O) groups excluding carboxylic acids is 1. The van der Waals surface area contributed by atoms with Gasteiger partial charge in [0, 0.05) is 29.4 Å². The van der Waals surface area contributed by atoms with E-state index in [1.807, 2.05) is 6.07 Å². The Kier molecular flexibility index (Phi) is 5.07. The first kappa shape index (κ1) is 17.3. The number of aromatic nitrogens is 1. The Morgan fingerprint density at radius 2 is 1.92 bits per heavy atom. The largest absolute Gasteiger partial charge is 0.497 e. The van der Waals surface area contributed by atoms with Crippen molar-refractivity contribution in [2.45, 2.75) is 6.54 Å². The predicted molar refractivity (Wildman–Crippen MR) is 97.1 cm³/mol. The summed E-state index contributed by atoms with van der Waals surface area (Å²) in [5.74, 6) is 1.33. The molecule has 0 bridgehead atoms. The zero-order valence-corrected chi connectivity index (χ0v) is 14.5. The third kappa shape index (κ3) is 3.77. The van der Waals surface area contributed by atoms with Crippen molar-refractivity contribution in [2.24, 2.45) is 0 Å². The molecule has 0 radical (unpaired) electrons. The van der Waals surface area contributed by atoms with Crippen molar-refractivity contribution in [1.82, 2.24) is 10.3 Å². The number of anilines is 1. The maximum atomic E-state index is 12.3. The second-order valence-electron chi connectivity index (χ2n) is 5.52. The van der Waals surface area contributed by atoms with Crippen LogP contribution < -0.4 is 20.5 Å². The summed E-state index contributed by atoms with van der Waals surface area (Å²) in [6.07, 6.45) is 1.33. The van der Waals surface area contributed by atoms with Gasteiger partial charge in [0.25, 0.3) is 5.91 Å². The van der Waals surface area contributed by atoms with E-state index in [9.17, 15) is 4.79 Å². The first-order valence-corrected chi connectivity index (χ1v) is 7.91. The number of hydrogen-bond acceptors (Lipinski definition) is 6. The molecule has 0 saturated heterocycles. The summed E-state index contributed by atoms with van der Waals surface area (Å²) in [5, 5.41) is 2.80. The summed E-state index contributed by atoms with van der Waals surface area (Å²) in [7, 11) is 3.15. The van der Waals surface area contributed by atoms with Crippen LogP contribution in [-0.2, 0) is 6.54 Å². The van der Waals surface area contributed by atoms with Gasteiger partial charge in [0.05, 0.1) is 14.2 Å². The minimum absolute atomic E-state index is 0.198. The van der Waals surface area contributed by atoms with E-state index in [4.69, 9.17) is 19.6 Å². The van der Waals surface area contributed by atoms with E-state index < -0.39 is 0 Å². The smallest absolute Gasteiger partial charge is 0.273 e. The minimum Gasteiger partial charge on any atom is -0.497 e. The number of nitrogen functional groups attached to an aromatic ring is 1. The lowest BCUT2D eigenvalue weighted by molar-refractivity contribution is 0.0945. The molecular formula is C19H19N3O4. The molecule has 1 heterocycles. The van der Waals surface area contributed by atoms with Gasteiger partial charge in [-0.3, -0.25) is 4.79 Å². The predicted octanol–water partition coefficient (Wildman–Crippen LogP) is 2.87. The third-order valence-corrected chi connectivity index (χ3v) is 3.83. The number of amides is 1. The Labute approximate surface area is 150 Å². The number of nitrogens with one attached hydrogen (secondary N) is 1. The van der Waals surface area contributed by atoms with E-state index in [0.29, 0.717) is 23.1 Å². The summed E-state index contributed by atoms with van der Waals surface area (Å²) >= 11 is 0. The average molecular weight is 353 g/mol. The molecule has 3 rings (SSSR count). The molecule has 26 heavy (non-hydrogen) atoms. The van der Waals surface area contributed by atoms with Gasteiger partial charge in [0.2, 0.25) is 5.89 Å². The van der Waals surface area contributed by atoms with Gasteiger partial charge in [-0.25, -0.2) is 4.98 Å². The fourth-order valence-electron chi connectivity index (χ4n) is 2.40. The van der Waals surface area contributed by atoms with E-state index in [2.05, 4.69) is 10.3 Å². The molecule has 7 nitrogen and oxygen atoms in total. The molecular weight excluding hydrogens is 334 g/mol. The van der Waals surface area contributed by atoms with Crippen LogP contribution in [0.5, 0.6) is 11.5 Å². The van der Waals surface area contributed by atoms with E-state index in [-0.39, 0.29) is 18.1 Å². The molecule has 134 valence electrons. The van der Waals surface area contributed by atoms with Gasteiger partial charge in [0.15, 0.2) is 5.69 Å². The Morgan fingerprint density at radius 3 is 2.62 bits per heavy atom. The first-order chi connectivity index (χ1) is 12.6. The van der Waals surface area contributed by atoms with E-state index in [0.717, 1.165) is 11.1 Å². The fraction of sp³-hybridized carbons (Fsp3) is 0.158. The highest BCUT2D eigenvalue weighted by atomic mass is 16.5. The van der Waals surface area contributed by atoms with Crippen LogP contribution >= 0.6 is 0 Å². The summed E-state index contributed by atoms with van der Waals surface area (Å²) in [6.45, 7) is 0.288. The van der Waals surface area contributed by atoms with Crippen molar-refractivity contribution in [1.29, 1.82) is 0 Å². The molecule has 0 unspecified atom stereocenters. The minimum atomic E-state index is -0.340. The SMILES string of the molecule is COc1ccc(CNC(=O)c2coc(-c3ccc(N)cc3)n2)c(OC)c1. The van der Waals surface area contributed by atoms with Crippen LogP contribution in [0.25, 0.3) is 11.5 Å². The molecule has 3 N–H and O–H groups in total. The summed E-state index contributed by atoms with van der Waals surface area (Å²) < 4.78 is 15.9. The maximum absolute atomic E-state index is 12.3. The zero-order chi connectivity index (χ0) is 18.5. The zero-order valence-electron chi connectivity index (χ0n) is 14.5. The van der Waals surface area contributed by atoms with Gasteiger partial charge in [-0.05, 0) is 36.4 Å². The summed E-state index contributed by atoms with van der Waals surface area (Å²) in [6, 6.07) is 12.5. The Balaban J connectivity index is 1.68. The number of methoxy groups -OCH3 is 2. The molecule has 0 atom stereocenters. The third-order valence-electron chi connectivity index (χ3n) is 3.83. The average Bonchev–Trinajstić information content (AvgIpc) is 3.16. The topological polar surface area (TPSA) is 99.6 Å². The Morgan fingerprint density at radius 1 is 1.15 bits per heavy atom. The van der Waals surface area contributed by atoms with Gasteiger partial charge < -0.3 is 24.9 Å². The highest BCUT2D eigenvalue weighted by Crippen LogP contribution is 2.24. The number of rotatable bonds is 6. The van der Waals surface area contributed by atoms with Crippen LogP contribution in [0.3, 0.4) is 0 Å². The first-order valence-electron chi connectivity index (χ1n) is 7.91. The van der Waals surface area contributed by atoms with Crippen LogP contribution in [0.15, 0.2) is 53.1 Å². The summed E-state index contributed by atoms with van der Waals surface area (Å²) in [4.78, 5) is 16.5. The van der Waals surface area contributed by atoms with Gasteiger partial charge in [-0.2, -0.15) is 0 Å². The van der Waals surface area contributed by atoms with Crippen molar-refractivity contribution in [2.75, 3.05) is 20.0 Å². The van der Waals surface area contributed by atoms with Crippen LogP contribution in [0.4, 0.5) is 5.69 Å². The fourth-order valence-corrected chi connectivity index (χ4v) is 2.40. The molecule has 0 aliphatic carbocycles. The Hall–Kier alpha value is -3.48. The van der Waals surface area contributed by atoms with Crippen molar-refractivity contribution in [3.8, 4) is 23.0 Å². The molecule has 0 spiro atoms. The maximum Gasteiger partial charge on any atom is 0.273 e. The number of oxazole rings is 1. The molecule has 0 saturated carbocycles. The summed E-state index contributed by atoms with van der Waals surface area (Å²) in [5.41, 5.74) is 8.07. The number of benzene rings is 2. The Bertz CT molecular complexity index is 903. The molecule has 7 heteroatoms. The number of ether oxygens (including phenoxy) is 2. The van der Waals surface area contributed by atoms with E-state index in [1.54, 1.807) is 50.6 Å². The quantitative estimate of drug-likeness (QED) is 0.661. The molecule has 0 aliphatic rings. The van der Waals surface area contributed by atoms with Gasteiger partial charge in [-0.15, -0.1) is 0 Å². The van der Waals surface area contributed by atoms with Gasteiger partial charge >= 0.3 is 0 Å². The number of carbonyl (C=O) groups is 1. The second-order valence-corrected chi connectivity index (χ2v) is 5.52. The highest BCUT2D eigenvalue weighted by molar-refractivity contribution is 5.92. The molecule has 3 aromatic rings. The number of nitrogens with zero attached hydrogens (tertiary/aromatic N) is 1. The van der Waals surface area contributed by atoms with Crippen molar-refractivity contribution >= 4 is 11.6 Å². The number of nitrogens with two attached hydrogens (primary N) is 1.